The first-order chi connectivity index (χ1) is 12.4. The lowest BCUT2D eigenvalue weighted by atomic mass is 10.2. The van der Waals surface area contributed by atoms with Gasteiger partial charge in [0, 0.05) is 12.7 Å². The van der Waals surface area contributed by atoms with Crippen LogP contribution in [0.1, 0.15) is 48.0 Å². The van der Waals surface area contributed by atoms with E-state index in [1.165, 1.54) is 12.4 Å². The molecule has 1 aliphatic rings. The Morgan fingerprint density at radius 1 is 1.11 bits per heavy atom. The number of nitrogens with one attached hydrogen (secondary N) is 1. The van der Waals surface area contributed by atoms with Gasteiger partial charge < -0.3 is 19.5 Å². The van der Waals surface area contributed by atoms with Crippen molar-refractivity contribution in [2.45, 2.75) is 65.2 Å². The Bertz CT molecular complexity index is 647. The number of carbonyl (C=O) groups is 2. The summed E-state index contributed by atoms with van der Waals surface area (Å²) in [5.41, 5.74) is -1.57. The van der Waals surface area contributed by atoms with Gasteiger partial charge in [-0.2, -0.15) is 4.90 Å². The Balaban J connectivity index is 2.28. The van der Waals surface area contributed by atoms with Crippen LogP contribution in [0.15, 0.2) is 12.4 Å². The average Bonchev–Trinajstić information content (AvgIpc) is 2.96. The summed E-state index contributed by atoms with van der Waals surface area (Å²) in [6, 6.07) is 1.62. The third-order valence-electron chi connectivity index (χ3n) is 3.32. The van der Waals surface area contributed by atoms with Gasteiger partial charge in [0.1, 0.15) is 23.3 Å². The van der Waals surface area contributed by atoms with Crippen LogP contribution in [0.5, 0.6) is 0 Å². The molecule has 0 saturated carbocycles. The molecular formula is C18H28N4O5. The van der Waals surface area contributed by atoms with E-state index >= 15 is 0 Å². The number of rotatable bonds is 3. The molecule has 0 bridgehead atoms. The normalized spacial score (nSPS) is 17.3. The number of anilines is 2. The lowest BCUT2D eigenvalue weighted by Crippen LogP contribution is -2.44. The number of hydrogen-bond acceptors (Lipinski definition) is 8. The van der Waals surface area contributed by atoms with E-state index in [1.807, 2.05) is 0 Å². The largest absolute Gasteiger partial charge is 0.443 e. The van der Waals surface area contributed by atoms with Crippen LogP contribution in [0.25, 0.3) is 0 Å². The van der Waals surface area contributed by atoms with Crippen LogP contribution in [0.4, 0.5) is 21.2 Å². The molecule has 0 spiro atoms. The molecule has 2 amide bonds. The summed E-state index contributed by atoms with van der Waals surface area (Å²) in [7, 11) is 0. The van der Waals surface area contributed by atoms with Gasteiger partial charge in [0.2, 0.25) is 0 Å². The molecule has 1 aromatic rings. The first-order valence-electron chi connectivity index (χ1n) is 8.87. The summed E-state index contributed by atoms with van der Waals surface area (Å²) in [5.74, 6) is 0.544. The molecule has 1 atom stereocenters. The summed E-state index contributed by atoms with van der Waals surface area (Å²) in [4.78, 5) is 34.3. The highest BCUT2D eigenvalue weighted by Gasteiger charge is 2.34. The Kier molecular flexibility index (Phi) is 6.25. The zero-order valence-electron chi connectivity index (χ0n) is 16.7. The van der Waals surface area contributed by atoms with Gasteiger partial charge in [0.05, 0.1) is 12.6 Å². The monoisotopic (exact) mass is 380 g/mol. The minimum Gasteiger partial charge on any atom is -0.443 e. The second-order valence-electron chi connectivity index (χ2n) is 8.26. The molecule has 2 heterocycles. The number of imide groups is 1. The van der Waals surface area contributed by atoms with Gasteiger partial charge in [0.15, 0.2) is 5.82 Å². The molecule has 0 unspecified atom stereocenters. The van der Waals surface area contributed by atoms with E-state index in [9.17, 15) is 9.59 Å². The topological polar surface area (TPSA) is 103 Å². The molecule has 150 valence electrons. The molecule has 1 aliphatic heterocycles. The Morgan fingerprint density at radius 2 is 1.70 bits per heavy atom. The molecule has 0 aliphatic carbocycles. The fourth-order valence-corrected chi connectivity index (χ4v) is 2.28. The van der Waals surface area contributed by atoms with Crippen LogP contribution in [-0.4, -0.2) is 52.6 Å². The third kappa shape index (κ3) is 6.67. The van der Waals surface area contributed by atoms with Crippen LogP contribution in [-0.2, 0) is 14.2 Å². The molecule has 9 heteroatoms. The highest BCUT2D eigenvalue weighted by molar-refractivity contribution is 6.08. The van der Waals surface area contributed by atoms with Crippen molar-refractivity contribution in [3.63, 3.8) is 0 Å². The van der Waals surface area contributed by atoms with Crippen LogP contribution in [0.2, 0.25) is 0 Å². The second kappa shape index (κ2) is 8.08. The van der Waals surface area contributed by atoms with Gasteiger partial charge in [-0.25, -0.2) is 19.6 Å². The fraction of sp³-hybridized carbons (Fsp3) is 0.667. The lowest BCUT2D eigenvalue weighted by Gasteiger charge is -2.28. The summed E-state index contributed by atoms with van der Waals surface area (Å²) < 4.78 is 16.0. The zero-order valence-corrected chi connectivity index (χ0v) is 16.7. The van der Waals surface area contributed by atoms with Crippen molar-refractivity contribution < 1.29 is 23.8 Å². The number of aromatic nitrogens is 2. The predicted molar refractivity (Wildman–Crippen MR) is 99.8 cm³/mol. The van der Waals surface area contributed by atoms with Gasteiger partial charge in [-0.3, -0.25) is 0 Å². The highest BCUT2D eigenvalue weighted by Crippen LogP contribution is 2.22. The molecule has 0 radical (unpaired) electrons. The minimum atomic E-state index is -0.870. The van der Waals surface area contributed by atoms with E-state index in [2.05, 4.69) is 15.3 Å². The van der Waals surface area contributed by atoms with Crippen LogP contribution >= 0.6 is 0 Å². The molecule has 1 aromatic heterocycles. The highest BCUT2D eigenvalue weighted by atomic mass is 16.6. The maximum absolute atomic E-state index is 12.6. The van der Waals surface area contributed by atoms with Crippen LogP contribution in [0.3, 0.4) is 0 Å². The summed E-state index contributed by atoms with van der Waals surface area (Å²) in [6.07, 6.45) is 0.382. The average molecular weight is 380 g/mol. The van der Waals surface area contributed by atoms with E-state index in [4.69, 9.17) is 14.2 Å². The smallest absolute Gasteiger partial charge is 0.425 e. The summed E-state index contributed by atoms with van der Waals surface area (Å²) >= 11 is 0. The third-order valence-corrected chi connectivity index (χ3v) is 3.32. The van der Waals surface area contributed by atoms with Gasteiger partial charge in [-0.15, -0.1) is 0 Å². The van der Waals surface area contributed by atoms with Gasteiger partial charge in [-0.05, 0) is 48.0 Å². The molecule has 9 nitrogen and oxygen atoms in total. The van der Waals surface area contributed by atoms with E-state index in [0.717, 1.165) is 11.3 Å². The minimum absolute atomic E-state index is 0.0647. The Labute approximate surface area is 159 Å². The summed E-state index contributed by atoms with van der Waals surface area (Å²) in [5, 5.41) is 3.20. The number of amides is 2. The number of nitrogens with zero attached hydrogens (tertiary/aromatic N) is 3. The molecule has 2 rings (SSSR count). The quantitative estimate of drug-likeness (QED) is 0.851. The zero-order chi connectivity index (χ0) is 20.2. The lowest BCUT2D eigenvalue weighted by molar-refractivity contribution is 0.0429. The van der Waals surface area contributed by atoms with Crippen molar-refractivity contribution in [1.29, 1.82) is 0 Å². The molecule has 27 heavy (non-hydrogen) atoms. The fourth-order valence-electron chi connectivity index (χ4n) is 2.28. The van der Waals surface area contributed by atoms with Crippen molar-refractivity contribution in [3.8, 4) is 0 Å². The maximum Gasteiger partial charge on any atom is 0.425 e. The Morgan fingerprint density at radius 3 is 2.19 bits per heavy atom. The van der Waals surface area contributed by atoms with Crippen molar-refractivity contribution in [2.75, 3.05) is 23.4 Å². The Hall–Kier alpha value is -2.42. The van der Waals surface area contributed by atoms with Crippen LogP contribution < -0.4 is 10.2 Å². The summed E-state index contributed by atoms with van der Waals surface area (Å²) in [6.45, 7) is 11.5. The van der Waals surface area contributed by atoms with E-state index in [-0.39, 0.29) is 11.9 Å². The SMILES string of the molecule is CC(C)(C)OC(=O)N(C(=O)OC(C)(C)C)c1cc(N[C@H]2CCOC2)ncn1. The number of hydrogen-bond donors (Lipinski definition) is 1. The molecule has 1 N–H and O–H groups in total. The van der Waals surface area contributed by atoms with Gasteiger partial charge >= 0.3 is 12.2 Å². The van der Waals surface area contributed by atoms with E-state index in [1.54, 1.807) is 41.5 Å². The van der Waals surface area contributed by atoms with Crippen LogP contribution in [0, 0.1) is 0 Å². The molecule has 1 saturated heterocycles. The first kappa shape index (κ1) is 20.9. The number of carbonyl (C=O) groups excluding carboxylic acids is 2. The molecular weight excluding hydrogens is 352 g/mol. The molecule has 0 aromatic carbocycles. The van der Waals surface area contributed by atoms with Gasteiger partial charge in [0.25, 0.3) is 0 Å². The predicted octanol–water partition coefficient (Wildman–Crippen LogP) is 3.35. The van der Waals surface area contributed by atoms with E-state index < -0.39 is 23.4 Å². The van der Waals surface area contributed by atoms with Crippen molar-refractivity contribution in [2.24, 2.45) is 0 Å². The number of ether oxygens (including phenoxy) is 3. The molecule has 1 fully saturated rings. The standard InChI is InChI=1S/C18H28N4O5/c1-17(2,3)26-15(23)22(16(24)27-18(4,5)6)14-9-13(19-11-20-14)21-12-7-8-25-10-12/h9,11-12H,7-8,10H2,1-6H3,(H,19,20,21)/t12-/m0/s1. The van der Waals surface area contributed by atoms with Crippen molar-refractivity contribution >= 4 is 23.8 Å². The second-order valence-corrected chi connectivity index (χ2v) is 8.26. The first-order valence-corrected chi connectivity index (χ1v) is 8.87. The van der Waals surface area contributed by atoms with Crippen molar-refractivity contribution in [3.05, 3.63) is 12.4 Å². The van der Waals surface area contributed by atoms with E-state index in [0.29, 0.717) is 19.0 Å². The van der Waals surface area contributed by atoms with Crippen molar-refractivity contribution in [1.82, 2.24) is 9.97 Å². The maximum atomic E-state index is 12.6. The van der Waals surface area contributed by atoms with Gasteiger partial charge in [-0.1, -0.05) is 0 Å².